The Morgan fingerprint density at radius 1 is 0.571 bits per heavy atom. The maximum absolute atomic E-state index is 10.0. The molecule has 6 heteroatoms. The van der Waals surface area contributed by atoms with Crippen LogP contribution in [0, 0.1) is 33.2 Å². The van der Waals surface area contributed by atoms with Crippen molar-refractivity contribution in [1.82, 2.24) is 9.34 Å². The summed E-state index contributed by atoms with van der Waals surface area (Å²) in [6, 6.07) is -0.272. The summed E-state index contributed by atoms with van der Waals surface area (Å²) >= 11 is 0. The van der Waals surface area contributed by atoms with Crippen LogP contribution in [0.15, 0.2) is 0 Å². The van der Waals surface area contributed by atoms with Gasteiger partial charge in [0.1, 0.15) is 0 Å². The first kappa shape index (κ1) is 19.8. The van der Waals surface area contributed by atoms with Gasteiger partial charge in [-0.1, -0.05) is 0 Å². The number of nitriles is 3. The van der Waals surface area contributed by atoms with E-state index in [9.17, 15) is 15.8 Å². The van der Waals surface area contributed by atoms with Gasteiger partial charge in [0.15, 0.2) is 0 Å². The van der Waals surface area contributed by atoms with E-state index in [0.29, 0.717) is 0 Å². The van der Waals surface area contributed by atoms with Gasteiger partial charge in [0.2, 0.25) is 0 Å². The van der Waals surface area contributed by atoms with Gasteiger partial charge < -0.3 is 0 Å². The van der Waals surface area contributed by atoms with E-state index in [0.717, 1.165) is 0 Å². The van der Waals surface area contributed by atoms with Gasteiger partial charge >= 0.3 is 129 Å². The van der Waals surface area contributed by atoms with E-state index in [1.807, 2.05) is 64.7 Å². The average Bonchev–Trinajstić information content (AvgIpc) is 2.35. The molecule has 0 radical (unpaired) electrons. The van der Waals surface area contributed by atoms with E-state index in [1.54, 1.807) is 0 Å². The molecule has 21 heavy (non-hydrogen) atoms. The molecule has 0 heterocycles. The molecule has 0 aliphatic carbocycles. The Bertz CT molecular complexity index is 411. The fourth-order valence-corrected chi connectivity index (χ4v) is 8.08. The zero-order chi connectivity index (χ0) is 17.0. The summed E-state index contributed by atoms with van der Waals surface area (Å²) in [5.74, 6) is 6.64. The molecule has 0 aromatic heterocycles. The van der Waals surface area contributed by atoms with Crippen molar-refractivity contribution >= 4 is 6.90 Å². The van der Waals surface area contributed by atoms with Gasteiger partial charge in [-0.15, -0.1) is 0 Å². The summed E-state index contributed by atoms with van der Waals surface area (Å²) in [5, 5.41) is 30.1. The van der Waals surface area contributed by atoms with Crippen LogP contribution in [0.2, 0.25) is 0 Å². The molecule has 0 rings (SSSR count). The summed E-state index contributed by atoms with van der Waals surface area (Å²) in [6.45, 7) is 11.3. The molecular formula is C15H28N5P. The molecule has 0 aliphatic rings. The van der Waals surface area contributed by atoms with Crippen LogP contribution in [-0.2, 0) is 0 Å². The van der Waals surface area contributed by atoms with Crippen LogP contribution in [0.25, 0.3) is 0 Å². The second kappa shape index (κ2) is 6.72. The Morgan fingerprint density at radius 3 is 0.857 bits per heavy atom. The summed E-state index contributed by atoms with van der Waals surface area (Å²) in [6.07, 6.45) is 0. The minimum absolute atomic E-state index is 0.0679. The summed E-state index contributed by atoms with van der Waals surface area (Å²) < 4.78 is 3.68. The molecule has 0 atom stereocenters. The molecule has 0 saturated carbocycles. The minimum atomic E-state index is -4.19. The van der Waals surface area contributed by atoms with E-state index >= 15 is 0 Å². The Kier molecular flexibility index (Phi) is 6.34. The normalized spacial score (nSPS) is 14.3. The van der Waals surface area contributed by atoms with Gasteiger partial charge in [0, 0.05) is 0 Å². The molecule has 0 N–H and O–H groups in total. The molecule has 0 aliphatic heterocycles. The van der Waals surface area contributed by atoms with Crippen LogP contribution in [0.1, 0.15) is 55.4 Å². The van der Waals surface area contributed by atoms with Crippen molar-refractivity contribution in [2.75, 3.05) is 0 Å². The third-order valence-electron chi connectivity index (χ3n) is 3.58. The molecule has 118 valence electrons. The molecular weight excluding hydrogens is 281 g/mol. The summed E-state index contributed by atoms with van der Waals surface area (Å²) in [4.78, 5) is 0. The van der Waals surface area contributed by atoms with Crippen molar-refractivity contribution < 1.29 is 0 Å². The first-order valence-electron chi connectivity index (χ1n) is 7.39. The van der Waals surface area contributed by atoms with Crippen LogP contribution in [-0.4, -0.2) is 33.5 Å². The second-order valence-corrected chi connectivity index (χ2v) is 10.0. The van der Waals surface area contributed by atoms with Crippen LogP contribution in [0.5, 0.6) is 0 Å². The van der Waals surface area contributed by atoms with Gasteiger partial charge in [0.05, 0.1) is 0 Å². The third-order valence-corrected chi connectivity index (χ3v) is 8.37. The zero-order valence-corrected chi connectivity index (χ0v) is 15.4. The molecule has 0 unspecified atom stereocenters. The molecule has 0 aromatic carbocycles. The van der Waals surface area contributed by atoms with Crippen molar-refractivity contribution in [3.05, 3.63) is 0 Å². The van der Waals surface area contributed by atoms with Crippen LogP contribution >= 0.6 is 6.90 Å². The molecule has 0 saturated heterocycles. The number of nitrogens with zero attached hydrogens (tertiary/aromatic N) is 5. The van der Waals surface area contributed by atoms with Gasteiger partial charge in [-0.3, -0.25) is 0 Å². The first-order chi connectivity index (χ1) is 9.54. The predicted molar refractivity (Wildman–Crippen MR) is 88.0 cm³/mol. The van der Waals surface area contributed by atoms with Crippen molar-refractivity contribution in [3.63, 3.8) is 0 Å². The average molecular weight is 309 g/mol. The topological polar surface area (TPSA) is 77.8 Å². The monoisotopic (exact) mass is 309 g/mol. The van der Waals surface area contributed by atoms with Crippen molar-refractivity contribution in [2.24, 2.45) is 0 Å². The second-order valence-electron chi connectivity index (χ2n) is 6.46. The van der Waals surface area contributed by atoms with Crippen molar-refractivity contribution in [3.8, 4) is 17.4 Å². The molecule has 0 bridgehead atoms. The molecule has 0 fully saturated rings. The Hall–Kier alpha value is -1.18. The van der Waals surface area contributed by atoms with Crippen LogP contribution < -0.4 is 0 Å². The number of hydrogen-bond donors (Lipinski definition) is 0. The SMILES string of the molecule is CC(C)N(C(C)C)P(C#N)(C#N)(C#N)N(C(C)C)C(C)C. The van der Waals surface area contributed by atoms with Gasteiger partial charge in [-0.25, -0.2) is 0 Å². The van der Waals surface area contributed by atoms with E-state index in [4.69, 9.17) is 0 Å². The fourth-order valence-electron chi connectivity index (χ4n) is 3.49. The number of rotatable bonds is 6. The van der Waals surface area contributed by atoms with E-state index in [1.165, 1.54) is 0 Å². The van der Waals surface area contributed by atoms with Crippen molar-refractivity contribution in [2.45, 2.75) is 79.6 Å². The van der Waals surface area contributed by atoms with Crippen LogP contribution in [0.4, 0.5) is 0 Å². The predicted octanol–water partition coefficient (Wildman–Crippen LogP) is 4.05. The Balaban J connectivity index is 6.80. The maximum atomic E-state index is 10.0. The first-order valence-corrected chi connectivity index (χ1v) is 9.53. The molecule has 5 nitrogen and oxygen atoms in total. The zero-order valence-electron chi connectivity index (χ0n) is 14.5. The molecule has 0 aromatic rings. The van der Waals surface area contributed by atoms with Gasteiger partial charge in [0.25, 0.3) is 0 Å². The standard InChI is InChI=1S/C15H28N5P/c1-12(2)19(13(3)4)21(9-16,10-17,11-18)20(14(5)6)15(7)8/h12-15H,1-8H3. The van der Waals surface area contributed by atoms with Crippen molar-refractivity contribution in [1.29, 1.82) is 15.8 Å². The third kappa shape index (κ3) is 2.90. The van der Waals surface area contributed by atoms with E-state index in [2.05, 4.69) is 17.4 Å². The number of hydrogen-bond acceptors (Lipinski definition) is 5. The fraction of sp³-hybridized carbons (Fsp3) is 0.800. The van der Waals surface area contributed by atoms with E-state index in [-0.39, 0.29) is 24.2 Å². The van der Waals surface area contributed by atoms with Crippen LogP contribution in [0.3, 0.4) is 0 Å². The molecule has 0 spiro atoms. The quantitative estimate of drug-likeness (QED) is 0.692. The molecule has 0 amide bonds. The Labute approximate surface area is 129 Å². The van der Waals surface area contributed by atoms with E-state index < -0.39 is 6.90 Å². The Morgan fingerprint density at radius 2 is 0.762 bits per heavy atom. The summed E-state index contributed by atoms with van der Waals surface area (Å²) in [7, 11) is 0. The van der Waals surface area contributed by atoms with Gasteiger partial charge in [-0.2, -0.15) is 0 Å². The van der Waals surface area contributed by atoms with Gasteiger partial charge in [-0.05, 0) is 0 Å². The summed E-state index contributed by atoms with van der Waals surface area (Å²) in [5.41, 5.74) is 0.